The van der Waals surface area contributed by atoms with Crippen LogP contribution >= 0.6 is 11.6 Å². The van der Waals surface area contributed by atoms with Crippen molar-refractivity contribution in [1.82, 2.24) is 4.98 Å². The highest BCUT2D eigenvalue weighted by Crippen LogP contribution is 2.55. The number of benzene rings is 1. The number of hydrogen-bond acceptors (Lipinski definition) is 4. The molecule has 1 aromatic carbocycles. The van der Waals surface area contributed by atoms with Crippen molar-refractivity contribution >= 4 is 28.2 Å². The van der Waals surface area contributed by atoms with E-state index in [0.29, 0.717) is 10.9 Å². The van der Waals surface area contributed by atoms with Crippen LogP contribution in [0.15, 0.2) is 30.5 Å². The van der Waals surface area contributed by atoms with Crippen molar-refractivity contribution in [3.8, 4) is 0 Å². The van der Waals surface area contributed by atoms with E-state index in [1.54, 1.807) is 0 Å². The highest BCUT2D eigenvalue weighted by Gasteiger charge is 2.62. The van der Waals surface area contributed by atoms with Crippen LogP contribution in [-0.4, -0.2) is 41.5 Å². The number of anilines is 1. The zero-order valence-electron chi connectivity index (χ0n) is 12.8. The van der Waals surface area contributed by atoms with Crippen molar-refractivity contribution in [2.75, 3.05) is 24.6 Å². The Kier molecular flexibility index (Phi) is 2.94. The molecule has 1 N–H and O–H groups in total. The van der Waals surface area contributed by atoms with Gasteiger partial charge in [0.25, 0.3) is 0 Å². The molecule has 0 aliphatic carbocycles. The SMILES string of the molecule is OC[C@H]1[C@H]2CN(c3ccnc4cc(Cl)ccc34)C[C@]23CC[C@H]1O3. The second kappa shape index (κ2) is 4.82. The predicted octanol–water partition coefficient (Wildman–Crippen LogP) is 2.86. The fourth-order valence-electron chi connectivity index (χ4n) is 5.00. The summed E-state index contributed by atoms with van der Waals surface area (Å²) in [5.41, 5.74) is 2.06. The molecule has 4 nitrogen and oxygen atoms in total. The minimum Gasteiger partial charge on any atom is -0.396 e. The summed E-state index contributed by atoms with van der Waals surface area (Å²) < 4.78 is 6.33. The predicted molar refractivity (Wildman–Crippen MR) is 89.9 cm³/mol. The topological polar surface area (TPSA) is 45.6 Å². The Balaban J connectivity index is 1.55. The molecule has 3 saturated heterocycles. The molecular formula is C18H19ClN2O2. The van der Waals surface area contributed by atoms with Crippen LogP contribution < -0.4 is 4.90 Å². The lowest BCUT2D eigenvalue weighted by Crippen LogP contribution is -2.37. The monoisotopic (exact) mass is 330 g/mol. The van der Waals surface area contributed by atoms with Crippen molar-refractivity contribution in [2.45, 2.75) is 24.5 Å². The summed E-state index contributed by atoms with van der Waals surface area (Å²) in [6, 6.07) is 7.96. The average Bonchev–Trinajstić information content (AvgIpc) is 3.21. The summed E-state index contributed by atoms with van der Waals surface area (Å²) in [5.74, 6) is 0.720. The second-order valence-electron chi connectivity index (χ2n) is 7.08. The van der Waals surface area contributed by atoms with Gasteiger partial charge in [-0.05, 0) is 37.1 Å². The molecule has 1 spiro atoms. The molecule has 0 amide bonds. The molecular weight excluding hydrogens is 312 g/mol. The van der Waals surface area contributed by atoms with Crippen molar-refractivity contribution in [3.63, 3.8) is 0 Å². The maximum atomic E-state index is 9.77. The summed E-state index contributed by atoms with van der Waals surface area (Å²) >= 11 is 6.10. The van der Waals surface area contributed by atoms with E-state index in [9.17, 15) is 5.11 Å². The molecule has 3 fully saturated rings. The highest BCUT2D eigenvalue weighted by molar-refractivity contribution is 6.31. The van der Waals surface area contributed by atoms with Gasteiger partial charge in [-0.2, -0.15) is 0 Å². The van der Waals surface area contributed by atoms with E-state index in [1.165, 1.54) is 5.69 Å². The molecule has 0 radical (unpaired) electrons. The van der Waals surface area contributed by atoms with E-state index in [1.807, 2.05) is 24.4 Å². The third kappa shape index (κ3) is 1.89. The molecule has 1 aromatic heterocycles. The van der Waals surface area contributed by atoms with Gasteiger partial charge in [-0.15, -0.1) is 0 Å². The van der Waals surface area contributed by atoms with Crippen LogP contribution in [0.2, 0.25) is 5.02 Å². The zero-order chi connectivity index (χ0) is 15.6. The summed E-state index contributed by atoms with van der Waals surface area (Å²) in [6.45, 7) is 2.09. The standard InChI is InChI=1S/C18H19ClN2O2/c19-11-1-2-12-15(7-11)20-6-4-16(12)21-8-14-13(9-22)17-3-5-18(14,10-21)23-17/h1-2,4,6-7,13-14,17,22H,3,5,8-10H2/t13-,14+,17+,18+/m0/s1. The zero-order valence-corrected chi connectivity index (χ0v) is 13.5. The molecule has 4 atom stereocenters. The molecule has 2 aromatic rings. The molecule has 2 bridgehead atoms. The number of halogens is 1. The number of aliphatic hydroxyl groups excluding tert-OH is 1. The summed E-state index contributed by atoms with van der Waals surface area (Å²) in [5, 5.41) is 11.6. The first-order valence-corrected chi connectivity index (χ1v) is 8.66. The third-order valence-electron chi connectivity index (χ3n) is 6.02. The first-order chi connectivity index (χ1) is 11.2. The average molecular weight is 331 g/mol. The Morgan fingerprint density at radius 1 is 1.39 bits per heavy atom. The van der Waals surface area contributed by atoms with Crippen molar-refractivity contribution < 1.29 is 9.84 Å². The van der Waals surface area contributed by atoms with E-state index in [4.69, 9.17) is 16.3 Å². The highest BCUT2D eigenvalue weighted by atomic mass is 35.5. The molecule has 4 heterocycles. The van der Waals surface area contributed by atoms with Crippen LogP contribution in [0.5, 0.6) is 0 Å². The van der Waals surface area contributed by atoms with E-state index in [2.05, 4.69) is 16.0 Å². The molecule has 3 aliphatic heterocycles. The third-order valence-corrected chi connectivity index (χ3v) is 6.25. The fourth-order valence-corrected chi connectivity index (χ4v) is 5.17. The number of rotatable bonds is 2. The van der Waals surface area contributed by atoms with Crippen LogP contribution in [0.25, 0.3) is 10.9 Å². The van der Waals surface area contributed by atoms with Gasteiger partial charge in [0.05, 0.1) is 17.2 Å². The number of aliphatic hydroxyl groups is 1. The van der Waals surface area contributed by atoms with Gasteiger partial charge in [-0.1, -0.05) is 11.6 Å². The number of fused-ring (bicyclic) bond motifs is 2. The van der Waals surface area contributed by atoms with Crippen LogP contribution in [0, 0.1) is 11.8 Å². The van der Waals surface area contributed by atoms with Gasteiger partial charge >= 0.3 is 0 Å². The van der Waals surface area contributed by atoms with E-state index >= 15 is 0 Å². The lowest BCUT2D eigenvalue weighted by molar-refractivity contribution is 0.0129. The van der Waals surface area contributed by atoms with E-state index < -0.39 is 0 Å². The summed E-state index contributed by atoms with van der Waals surface area (Å²) in [7, 11) is 0. The van der Waals surface area contributed by atoms with Crippen molar-refractivity contribution in [1.29, 1.82) is 0 Å². The molecule has 3 aliphatic rings. The Morgan fingerprint density at radius 3 is 3.17 bits per heavy atom. The summed E-state index contributed by atoms with van der Waals surface area (Å²) in [4.78, 5) is 6.85. The minimum absolute atomic E-state index is 0.0555. The maximum absolute atomic E-state index is 9.77. The number of hydrogen-bond donors (Lipinski definition) is 1. The van der Waals surface area contributed by atoms with Crippen molar-refractivity contribution in [2.24, 2.45) is 11.8 Å². The van der Waals surface area contributed by atoms with E-state index in [-0.39, 0.29) is 24.2 Å². The molecule has 23 heavy (non-hydrogen) atoms. The Labute approximate surface area is 140 Å². The van der Waals surface area contributed by atoms with Gasteiger partial charge in [0.2, 0.25) is 0 Å². The number of ether oxygens (including phenoxy) is 1. The van der Waals surface area contributed by atoms with Gasteiger partial charge in [-0.3, -0.25) is 4.98 Å². The largest absolute Gasteiger partial charge is 0.396 e. The molecule has 0 saturated carbocycles. The van der Waals surface area contributed by atoms with Gasteiger partial charge in [0.1, 0.15) is 0 Å². The Bertz CT molecular complexity index is 783. The lowest BCUT2D eigenvalue weighted by atomic mass is 9.74. The lowest BCUT2D eigenvalue weighted by Gasteiger charge is -2.27. The first-order valence-electron chi connectivity index (χ1n) is 8.28. The fraction of sp³-hybridized carbons (Fsp3) is 0.500. The smallest absolute Gasteiger partial charge is 0.0910 e. The first kappa shape index (κ1) is 14.0. The van der Waals surface area contributed by atoms with Crippen LogP contribution in [0.1, 0.15) is 12.8 Å². The number of nitrogens with zero attached hydrogens (tertiary/aromatic N) is 2. The van der Waals surface area contributed by atoms with Gasteiger partial charge < -0.3 is 14.7 Å². The second-order valence-corrected chi connectivity index (χ2v) is 7.52. The quantitative estimate of drug-likeness (QED) is 0.919. The Hall–Kier alpha value is -1.36. The van der Waals surface area contributed by atoms with Crippen LogP contribution in [0.3, 0.4) is 0 Å². The molecule has 120 valence electrons. The van der Waals surface area contributed by atoms with Crippen LogP contribution in [0.4, 0.5) is 5.69 Å². The molecule has 0 unspecified atom stereocenters. The summed E-state index contributed by atoms with van der Waals surface area (Å²) in [6.07, 6.45) is 4.31. The normalized spacial score (nSPS) is 35.2. The minimum atomic E-state index is -0.0555. The Morgan fingerprint density at radius 2 is 2.30 bits per heavy atom. The maximum Gasteiger partial charge on any atom is 0.0910 e. The van der Waals surface area contributed by atoms with Gasteiger partial charge in [-0.25, -0.2) is 0 Å². The van der Waals surface area contributed by atoms with E-state index in [0.717, 1.165) is 36.8 Å². The van der Waals surface area contributed by atoms with Gasteiger partial charge in [0, 0.05) is 53.8 Å². The van der Waals surface area contributed by atoms with Crippen molar-refractivity contribution in [3.05, 3.63) is 35.5 Å². The number of aromatic nitrogens is 1. The number of pyridine rings is 1. The molecule has 5 rings (SSSR count). The van der Waals surface area contributed by atoms with Crippen LogP contribution in [-0.2, 0) is 4.74 Å². The molecule has 5 heteroatoms. The van der Waals surface area contributed by atoms with Gasteiger partial charge in [0.15, 0.2) is 0 Å².